The highest BCUT2D eigenvalue weighted by Gasteiger charge is 2.27. The Hall–Kier alpha value is -0.570. The lowest BCUT2D eigenvalue weighted by atomic mass is 9.83. The van der Waals surface area contributed by atoms with Gasteiger partial charge in [0.2, 0.25) is 0 Å². The molecule has 0 aliphatic heterocycles. The SMILES string of the molecule is CCCC[C@H](CC)C(=NO)[C@H](O)[C@@H](CC)CCCC. The summed E-state index contributed by atoms with van der Waals surface area (Å²) in [5.41, 5.74) is 0.610. The molecule has 0 fully saturated rings. The molecule has 114 valence electrons. The number of hydrogen-bond donors (Lipinski definition) is 2. The third-order valence-electron chi connectivity index (χ3n) is 4.14. The predicted molar refractivity (Wildman–Crippen MR) is 81.8 cm³/mol. The highest BCUT2D eigenvalue weighted by atomic mass is 16.4. The molecule has 0 saturated heterocycles. The molecule has 0 aromatic rings. The zero-order chi connectivity index (χ0) is 14.7. The highest BCUT2D eigenvalue weighted by molar-refractivity contribution is 5.90. The normalized spacial score (nSPS) is 17.2. The fraction of sp³-hybridized carbons (Fsp3) is 0.938. The summed E-state index contributed by atoms with van der Waals surface area (Å²) in [6, 6.07) is 0. The third-order valence-corrected chi connectivity index (χ3v) is 4.14. The Balaban J connectivity index is 4.69. The van der Waals surface area contributed by atoms with Gasteiger partial charge >= 0.3 is 0 Å². The Morgan fingerprint density at radius 2 is 1.53 bits per heavy atom. The van der Waals surface area contributed by atoms with Gasteiger partial charge in [-0.2, -0.15) is 0 Å². The first-order chi connectivity index (χ1) is 9.15. The number of rotatable bonds is 11. The summed E-state index contributed by atoms with van der Waals surface area (Å²) >= 11 is 0. The molecule has 3 heteroatoms. The van der Waals surface area contributed by atoms with Gasteiger partial charge in [0.15, 0.2) is 0 Å². The Labute approximate surface area is 119 Å². The molecule has 0 aliphatic carbocycles. The molecule has 0 spiro atoms. The zero-order valence-electron chi connectivity index (χ0n) is 13.2. The van der Waals surface area contributed by atoms with Crippen molar-refractivity contribution in [3.8, 4) is 0 Å². The third kappa shape index (κ3) is 6.42. The summed E-state index contributed by atoms with van der Waals surface area (Å²) in [4.78, 5) is 0. The smallest absolute Gasteiger partial charge is 0.0984 e. The van der Waals surface area contributed by atoms with Crippen molar-refractivity contribution in [2.24, 2.45) is 17.0 Å². The molecule has 0 unspecified atom stereocenters. The summed E-state index contributed by atoms with van der Waals surface area (Å²) in [7, 11) is 0. The maximum atomic E-state index is 10.5. The lowest BCUT2D eigenvalue weighted by molar-refractivity contribution is 0.146. The zero-order valence-corrected chi connectivity index (χ0v) is 13.2. The van der Waals surface area contributed by atoms with Crippen LogP contribution in [0.3, 0.4) is 0 Å². The molecule has 0 aliphatic rings. The molecule has 0 aromatic heterocycles. The topological polar surface area (TPSA) is 52.8 Å². The van der Waals surface area contributed by atoms with Crippen LogP contribution >= 0.6 is 0 Å². The molecule has 0 rings (SSSR count). The van der Waals surface area contributed by atoms with Crippen molar-refractivity contribution in [2.75, 3.05) is 0 Å². The van der Waals surface area contributed by atoms with E-state index in [0.717, 1.165) is 51.4 Å². The minimum absolute atomic E-state index is 0.218. The van der Waals surface area contributed by atoms with Gasteiger partial charge in [-0.15, -0.1) is 0 Å². The van der Waals surface area contributed by atoms with E-state index >= 15 is 0 Å². The van der Waals surface area contributed by atoms with Gasteiger partial charge < -0.3 is 10.3 Å². The first-order valence-electron chi connectivity index (χ1n) is 8.05. The summed E-state index contributed by atoms with van der Waals surface area (Å²) in [6.07, 6.45) is 7.83. The van der Waals surface area contributed by atoms with E-state index in [1.807, 2.05) is 0 Å². The van der Waals surface area contributed by atoms with Gasteiger partial charge in [-0.05, 0) is 25.2 Å². The van der Waals surface area contributed by atoms with Crippen LogP contribution in [0.4, 0.5) is 0 Å². The number of oxime groups is 1. The summed E-state index contributed by atoms with van der Waals surface area (Å²) < 4.78 is 0. The van der Waals surface area contributed by atoms with Crippen molar-refractivity contribution in [1.29, 1.82) is 0 Å². The number of aliphatic hydroxyl groups is 1. The Bertz CT molecular complexity index is 241. The molecule has 0 aromatic carbocycles. The monoisotopic (exact) mass is 271 g/mol. The van der Waals surface area contributed by atoms with Gasteiger partial charge in [-0.25, -0.2) is 0 Å². The largest absolute Gasteiger partial charge is 0.411 e. The lowest BCUT2D eigenvalue weighted by Crippen LogP contribution is -2.34. The van der Waals surface area contributed by atoms with Crippen LogP contribution in [0.25, 0.3) is 0 Å². The summed E-state index contributed by atoms with van der Waals surface area (Å²) in [5, 5.41) is 23.3. The summed E-state index contributed by atoms with van der Waals surface area (Å²) in [5.74, 6) is 0.442. The van der Waals surface area contributed by atoms with E-state index < -0.39 is 6.10 Å². The number of nitrogens with zero attached hydrogens (tertiary/aromatic N) is 1. The van der Waals surface area contributed by atoms with Gasteiger partial charge in [0.05, 0.1) is 11.8 Å². The number of aliphatic hydroxyl groups excluding tert-OH is 1. The van der Waals surface area contributed by atoms with E-state index in [9.17, 15) is 10.3 Å². The van der Waals surface area contributed by atoms with Crippen LogP contribution in [0.1, 0.15) is 79.1 Å². The standard InChI is InChI=1S/C16H33NO2/c1-5-9-11-13(7-3)15(17-19)16(18)14(8-4)12-10-6-2/h13-14,16,18-19H,5-12H2,1-4H3/t13-,14-,16+/m0/s1. The second-order valence-corrected chi connectivity index (χ2v) is 5.53. The van der Waals surface area contributed by atoms with Crippen molar-refractivity contribution in [1.82, 2.24) is 0 Å². The van der Waals surface area contributed by atoms with Gasteiger partial charge in [-0.3, -0.25) is 0 Å². The average Bonchev–Trinajstić information content (AvgIpc) is 2.44. The molecule has 0 bridgehead atoms. The molecule has 19 heavy (non-hydrogen) atoms. The Kier molecular flexibility index (Phi) is 10.9. The highest BCUT2D eigenvalue weighted by Crippen LogP contribution is 2.24. The predicted octanol–water partition coefficient (Wildman–Crippen LogP) is 4.61. The Morgan fingerprint density at radius 1 is 0.947 bits per heavy atom. The van der Waals surface area contributed by atoms with E-state index in [4.69, 9.17) is 0 Å². The van der Waals surface area contributed by atoms with E-state index in [2.05, 4.69) is 32.9 Å². The molecule has 0 amide bonds. The first kappa shape index (κ1) is 18.4. The Morgan fingerprint density at radius 3 is 1.95 bits per heavy atom. The van der Waals surface area contributed by atoms with Gasteiger partial charge in [0, 0.05) is 5.92 Å². The van der Waals surface area contributed by atoms with Gasteiger partial charge in [-0.1, -0.05) is 65.0 Å². The maximum Gasteiger partial charge on any atom is 0.0984 e. The molecule has 3 atom stereocenters. The summed E-state index contributed by atoms with van der Waals surface area (Å²) in [6.45, 7) is 8.53. The van der Waals surface area contributed by atoms with Crippen LogP contribution in [0.15, 0.2) is 5.16 Å². The van der Waals surface area contributed by atoms with Crippen molar-refractivity contribution in [3.63, 3.8) is 0 Å². The fourth-order valence-electron chi connectivity index (χ4n) is 2.69. The van der Waals surface area contributed by atoms with Gasteiger partial charge in [0.25, 0.3) is 0 Å². The van der Waals surface area contributed by atoms with E-state index in [0.29, 0.717) is 5.71 Å². The van der Waals surface area contributed by atoms with Crippen molar-refractivity contribution < 1.29 is 10.3 Å². The van der Waals surface area contributed by atoms with Crippen molar-refractivity contribution in [3.05, 3.63) is 0 Å². The van der Waals surface area contributed by atoms with Crippen LogP contribution in [0, 0.1) is 11.8 Å². The number of hydrogen-bond acceptors (Lipinski definition) is 3. The van der Waals surface area contributed by atoms with Crippen LogP contribution in [0.5, 0.6) is 0 Å². The van der Waals surface area contributed by atoms with Crippen LogP contribution in [-0.4, -0.2) is 22.1 Å². The van der Waals surface area contributed by atoms with Crippen LogP contribution in [-0.2, 0) is 0 Å². The quantitative estimate of drug-likeness (QED) is 0.327. The fourth-order valence-corrected chi connectivity index (χ4v) is 2.69. The first-order valence-corrected chi connectivity index (χ1v) is 8.05. The molecular weight excluding hydrogens is 238 g/mol. The van der Waals surface area contributed by atoms with Crippen LogP contribution < -0.4 is 0 Å². The molecule has 0 heterocycles. The van der Waals surface area contributed by atoms with Gasteiger partial charge in [0.1, 0.15) is 0 Å². The number of unbranched alkanes of at least 4 members (excludes halogenated alkanes) is 2. The van der Waals surface area contributed by atoms with Crippen molar-refractivity contribution in [2.45, 2.75) is 85.2 Å². The molecule has 0 saturated carbocycles. The molecule has 3 nitrogen and oxygen atoms in total. The lowest BCUT2D eigenvalue weighted by Gasteiger charge is -2.26. The molecular formula is C16H33NO2. The van der Waals surface area contributed by atoms with Crippen LogP contribution in [0.2, 0.25) is 0 Å². The van der Waals surface area contributed by atoms with E-state index in [-0.39, 0.29) is 11.8 Å². The molecule has 0 radical (unpaired) electrons. The molecule has 2 N–H and O–H groups in total. The minimum Gasteiger partial charge on any atom is -0.411 e. The second kappa shape index (κ2) is 11.3. The second-order valence-electron chi connectivity index (χ2n) is 5.53. The van der Waals surface area contributed by atoms with E-state index in [1.54, 1.807) is 0 Å². The van der Waals surface area contributed by atoms with E-state index in [1.165, 1.54) is 0 Å². The van der Waals surface area contributed by atoms with Crippen molar-refractivity contribution >= 4 is 5.71 Å². The average molecular weight is 271 g/mol. The minimum atomic E-state index is -0.580. The maximum absolute atomic E-state index is 10.5.